The van der Waals surface area contributed by atoms with Crippen LogP contribution in [-0.4, -0.2) is 33.2 Å². The summed E-state index contributed by atoms with van der Waals surface area (Å²) in [5.41, 5.74) is 3.53. The molecule has 1 unspecified atom stereocenters. The lowest BCUT2D eigenvalue weighted by Crippen LogP contribution is -2.56. The number of rotatable bonds is 6. The van der Waals surface area contributed by atoms with Crippen molar-refractivity contribution < 1.29 is 24.9 Å². The van der Waals surface area contributed by atoms with Gasteiger partial charge in [0, 0.05) is 6.42 Å². The van der Waals surface area contributed by atoms with Gasteiger partial charge in [-0.05, 0) is 24.6 Å². The van der Waals surface area contributed by atoms with E-state index < -0.39 is 11.5 Å². The number of benzene rings is 1. The number of carbonyl (C=O) groups is 2. The maximum atomic E-state index is 11.2. The van der Waals surface area contributed by atoms with Gasteiger partial charge in [0.15, 0.2) is 11.5 Å². The molecule has 7 heteroatoms. The largest absolute Gasteiger partial charge is 0.504 e. The number of hydrogen-bond donors (Lipinski definition) is 5. The van der Waals surface area contributed by atoms with E-state index in [0.717, 1.165) is 0 Å². The SMILES string of the molecule is CC(Cc1ccc(O)c(O)c1)(NNC=O)C(=O)O. The minimum atomic E-state index is -1.43. The van der Waals surface area contributed by atoms with Gasteiger partial charge < -0.3 is 15.3 Å². The van der Waals surface area contributed by atoms with Gasteiger partial charge in [-0.2, -0.15) is 0 Å². The molecule has 1 atom stereocenters. The molecule has 0 fully saturated rings. The zero-order chi connectivity index (χ0) is 13.8. The van der Waals surface area contributed by atoms with Crippen LogP contribution in [0.4, 0.5) is 0 Å². The molecule has 0 saturated carbocycles. The molecule has 1 amide bonds. The van der Waals surface area contributed by atoms with Crippen LogP contribution in [0.15, 0.2) is 18.2 Å². The molecule has 0 aliphatic heterocycles. The molecule has 0 aliphatic carbocycles. The number of phenols is 2. The van der Waals surface area contributed by atoms with E-state index in [1.165, 1.54) is 25.1 Å². The van der Waals surface area contributed by atoms with Crippen molar-refractivity contribution in [2.24, 2.45) is 0 Å². The Labute approximate surface area is 103 Å². The number of hydrazine groups is 1. The predicted molar refractivity (Wildman–Crippen MR) is 61.9 cm³/mol. The van der Waals surface area contributed by atoms with Crippen molar-refractivity contribution in [2.45, 2.75) is 18.9 Å². The Morgan fingerprint density at radius 3 is 2.56 bits per heavy atom. The Hall–Kier alpha value is -2.28. The fourth-order valence-corrected chi connectivity index (χ4v) is 1.45. The number of aliphatic carboxylic acids is 1. The van der Waals surface area contributed by atoms with Crippen LogP contribution in [0, 0.1) is 0 Å². The average Bonchev–Trinajstić information content (AvgIpc) is 2.31. The Morgan fingerprint density at radius 2 is 2.06 bits per heavy atom. The van der Waals surface area contributed by atoms with Crippen LogP contribution in [0.25, 0.3) is 0 Å². The smallest absolute Gasteiger partial charge is 0.325 e. The van der Waals surface area contributed by atoms with Crippen LogP contribution in [-0.2, 0) is 16.0 Å². The topological polar surface area (TPSA) is 119 Å². The second kappa shape index (κ2) is 5.37. The quantitative estimate of drug-likeness (QED) is 0.271. The number of carboxylic acid groups (broad SMARTS) is 1. The Bertz CT molecular complexity index is 463. The summed E-state index contributed by atoms with van der Waals surface area (Å²) in [5, 5.41) is 27.6. The second-order valence-corrected chi connectivity index (χ2v) is 4.02. The Morgan fingerprint density at radius 1 is 1.39 bits per heavy atom. The normalized spacial score (nSPS) is 13.6. The van der Waals surface area contributed by atoms with Gasteiger partial charge in [0.25, 0.3) is 0 Å². The first kappa shape index (κ1) is 13.8. The van der Waals surface area contributed by atoms with Gasteiger partial charge >= 0.3 is 5.97 Å². The summed E-state index contributed by atoms with van der Waals surface area (Å²) < 4.78 is 0. The molecule has 1 rings (SSSR count). The van der Waals surface area contributed by atoms with E-state index in [0.29, 0.717) is 12.0 Å². The highest BCUT2D eigenvalue weighted by atomic mass is 16.4. The van der Waals surface area contributed by atoms with Gasteiger partial charge in [-0.3, -0.25) is 15.0 Å². The maximum absolute atomic E-state index is 11.2. The first-order valence-electron chi connectivity index (χ1n) is 5.09. The Balaban J connectivity index is 2.92. The second-order valence-electron chi connectivity index (χ2n) is 4.02. The third-order valence-corrected chi connectivity index (χ3v) is 2.48. The van der Waals surface area contributed by atoms with E-state index in [9.17, 15) is 14.7 Å². The number of amides is 1. The van der Waals surface area contributed by atoms with Crippen molar-refractivity contribution in [3.63, 3.8) is 0 Å². The fourth-order valence-electron chi connectivity index (χ4n) is 1.45. The summed E-state index contributed by atoms with van der Waals surface area (Å²) in [5.74, 6) is -1.78. The number of aromatic hydroxyl groups is 2. The van der Waals surface area contributed by atoms with Crippen molar-refractivity contribution in [3.05, 3.63) is 23.8 Å². The van der Waals surface area contributed by atoms with Crippen LogP contribution >= 0.6 is 0 Å². The molecule has 0 heterocycles. The van der Waals surface area contributed by atoms with E-state index in [4.69, 9.17) is 10.2 Å². The van der Waals surface area contributed by atoms with E-state index >= 15 is 0 Å². The van der Waals surface area contributed by atoms with Gasteiger partial charge in [-0.25, -0.2) is 5.43 Å². The Kier molecular flexibility index (Phi) is 4.11. The van der Waals surface area contributed by atoms with E-state index in [2.05, 4.69) is 10.9 Å². The third kappa shape index (κ3) is 3.11. The number of hydrogen-bond acceptors (Lipinski definition) is 5. The summed E-state index contributed by atoms with van der Waals surface area (Å²) >= 11 is 0. The molecule has 0 radical (unpaired) electrons. The lowest BCUT2D eigenvalue weighted by atomic mass is 9.93. The van der Waals surface area contributed by atoms with E-state index in [1.807, 2.05) is 0 Å². The standard InChI is InChI=1S/C11H14N2O5/c1-11(10(17)18,13-12-6-14)5-7-2-3-8(15)9(16)4-7/h2-4,6,13,15-16H,5H2,1H3,(H,12,14)(H,17,18). The minimum Gasteiger partial charge on any atom is -0.504 e. The van der Waals surface area contributed by atoms with Crippen LogP contribution < -0.4 is 10.9 Å². The van der Waals surface area contributed by atoms with E-state index in [-0.39, 0.29) is 17.9 Å². The molecule has 1 aromatic rings. The van der Waals surface area contributed by atoms with Crippen molar-refractivity contribution in [1.82, 2.24) is 10.9 Å². The highest BCUT2D eigenvalue weighted by Gasteiger charge is 2.33. The number of nitrogens with one attached hydrogen (secondary N) is 2. The molecule has 0 aliphatic rings. The van der Waals surface area contributed by atoms with Gasteiger partial charge in [-0.15, -0.1) is 0 Å². The lowest BCUT2D eigenvalue weighted by molar-refractivity contribution is -0.144. The van der Waals surface area contributed by atoms with Crippen LogP contribution in [0.5, 0.6) is 11.5 Å². The molecular formula is C11H14N2O5. The maximum Gasteiger partial charge on any atom is 0.325 e. The van der Waals surface area contributed by atoms with Crippen molar-refractivity contribution in [2.75, 3.05) is 0 Å². The van der Waals surface area contributed by atoms with E-state index in [1.54, 1.807) is 0 Å². The summed E-state index contributed by atoms with van der Waals surface area (Å²) in [6.45, 7) is 1.38. The first-order valence-corrected chi connectivity index (χ1v) is 5.09. The predicted octanol–water partition coefficient (Wildman–Crippen LogP) is -0.266. The number of carboxylic acids is 1. The zero-order valence-electron chi connectivity index (χ0n) is 9.67. The highest BCUT2D eigenvalue weighted by Crippen LogP contribution is 2.26. The van der Waals surface area contributed by atoms with Crippen molar-refractivity contribution >= 4 is 12.4 Å². The lowest BCUT2D eigenvalue weighted by Gasteiger charge is -2.25. The van der Waals surface area contributed by atoms with Gasteiger partial charge in [0.1, 0.15) is 5.54 Å². The molecule has 18 heavy (non-hydrogen) atoms. The van der Waals surface area contributed by atoms with Crippen LogP contribution in [0.2, 0.25) is 0 Å². The monoisotopic (exact) mass is 254 g/mol. The summed E-state index contributed by atoms with van der Waals surface area (Å²) in [7, 11) is 0. The zero-order valence-corrected chi connectivity index (χ0v) is 9.67. The summed E-state index contributed by atoms with van der Waals surface area (Å²) in [4.78, 5) is 21.3. The van der Waals surface area contributed by atoms with Gasteiger partial charge in [0.05, 0.1) is 0 Å². The summed E-state index contributed by atoms with van der Waals surface area (Å²) in [6, 6.07) is 4.01. The van der Waals surface area contributed by atoms with Gasteiger partial charge in [-0.1, -0.05) is 6.07 Å². The van der Waals surface area contributed by atoms with Gasteiger partial charge in [0.2, 0.25) is 6.41 Å². The number of phenolic OH excluding ortho intramolecular Hbond substituents is 2. The van der Waals surface area contributed by atoms with Crippen LogP contribution in [0.1, 0.15) is 12.5 Å². The number of carbonyl (C=O) groups excluding carboxylic acids is 1. The molecule has 7 nitrogen and oxygen atoms in total. The molecule has 1 aromatic carbocycles. The molecule has 0 saturated heterocycles. The first-order chi connectivity index (χ1) is 8.39. The minimum absolute atomic E-state index is 0.0109. The molecule has 5 N–H and O–H groups in total. The average molecular weight is 254 g/mol. The molecular weight excluding hydrogens is 240 g/mol. The van der Waals surface area contributed by atoms with Crippen molar-refractivity contribution in [1.29, 1.82) is 0 Å². The molecule has 0 spiro atoms. The summed E-state index contributed by atoms with van der Waals surface area (Å²) in [6.07, 6.45) is 0.340. The highest BCUT2D eigenvalue weighted by molar-refractivity contribution is 5.79. The molecule has 0 aromatic heterocycles. The molecule has 98 valence electrons. The fraction of sp³-hybridized carbons (Fsp3) is 0.273. The molecule has 0 bridgehead atoms. The van der Waals surface area contributed by atoms with Crippen LogP contribution in [0.3, 0.4) is 0 Å². The third-order valence-electron chi connectivity index (χ3n) is 2.48. The van der Waals surface area contributed by atoms with Crippen molar-refractivity contribution in [3.8, 4) is 11.5 Å².